The smallest absolute Gasteiger partial charge is 0.311 e. The van der Waals surface area contributed by atoms with E-state index in [1.165, 1.54) is 5.56 Å². The first-order chi connectivity index (χ1) is 13.5. The molecule has 4 heterocycles. The van der Waals surface area contributed by atoms with Crippen molar-refractivity contribution in [3.05, 3.63) is 35.9 Å². The molecule has 4 saturated heterocycles. The van der Waals surface area contributed by atoms with Crippen LogP contribution in [0.25, 0.3) is 0 Å². The lowest BCUT2D eigenvalue weighted by atomic mass is 9.57. The zero-order valence-corrected chi connectivity index (χ0v) is 16.8. The molecule has 6 rings (SSSR count). The first-order valence-corrected chi connectivity index (χ1v) is 10.8. The third kappa shape index (κ3) is 2.82. The monoisotopic (exact) mass is 386 g/mol. The summed E-state index contributed by atoms with van der Waals surface area (Å²) < 4.78 is 12.1. The summed E-state index contributed by atoms with van der Waals surface area (Å²) in [6, 6.07) is 10.4. The number of esters is 1. The second kappa shape index (κ2) is 6.82. The molecule has 5 aliphatic rings. The Kier molecular flexibility index (Phi) is 4.53. The third-order valence-electron chi connectivity index (χ3n) is 7.61. The van der Waals surface area contributed by atoms with E-state index in [9.17, 15) is 4.79 Å². The van der Waals surface area contributed by atoms with Gasteiger partial charge in [-0.3, -0.25) is 4.79 Å². The van der Waals surface area contributed by atoms with E-state index in [-0.39, 0.29) is 17.8 Å². The molecule has 5 nitrogen and oxygen atoms in total. The summed E-state index contributed by atoms with van der Waals surface area (Å²) in [5.41, 5.74) is 0.655. The van der Waals surface area contributed by atoms with Crippen LogP contribution in [0, 0.1) is 23.7 Å². The van der Waals surface area contributed by atoms with Crippen LogP contribution in [-0.2, 0) is 30.5 Å². The Bertz CT molecular complexity index is 736. The topological polar surface area (TPSA) is 54.0 Å². The molecule has 28 heavy (non-hydrogen) atoms. The van der Waals surface area contributed by atoms with Crippen LogP contribution in [0.1, 0.15) is 57.9 Å². The Morgan fingerprint density at radius 3 is 2.71 bits per heavy atom. The van der Waals surface area contributed by atoms with Crippen LogP contribution in [0.3, 0.4) is 0 Å². The average Bonchev–Trinajstić information content (AvgIpc) is 2.92. The molecule has 4 aliphatic heterocycles. The van der Waals surface area contributed by atoms with Crippen LogP contribution in [0.5, 0.6) is 0 Å². The van der Waals surface area contributed by atoms with E-state index < -0.39 is 17.7 Å². The standard InChI is InChI=1S/C23H30O5/c1-15-11-12-19-17(10-6-9-16-7-4-3-5-8-16)20(24)25-21-23(19)18(15)13-14-22(2,26-21)27-28-23/h3-5,7-8,15,17-19,21H,6,9-14H2,1-2H3/t15-,17-,18+,19+,21-,22-,23-/m1/s1. The maximum Gasteiger partial charge on any atom is 0.311 e. The largest absolute Gasteiger partial charge is 0.432 e. The van der Waals surface area contributed by atoms with Gasteiger partial charge in [-0.1, -0.05) is 37.3 Å². The molecule has 1 saturated carbocycles. The van der Waals surface area contributed by atoms with E-state index in [1.54, 1.807) is 0 Å². The van der Waals surface area contributed by atoms with Crippen LogP contribution in [0.15, 0.2) is 30.3 Å². The molecule has 1 spiro atoms. The number of fused-ring (bicyclic) bond motifs is 2. The van der Waals surface area contributed by atoms with Crippen molar-refractivity contribution < 1.29 is 24.0 Å². The van der Waals surface area contributed by atoms with Crippen molar-refractivity contribution in [2.75, 3.05) is 0 Å². The predicted octanol–water partition coefficient (Wildman–Crippen LogP) is 4.40. The molecule has 5 fully saturated rings. The van der Waals surface area contributed by atoms with Crippen LogP contribution >= 0.6 is 0 Å². The summed E-state index contributed by atoms with van der Waals surface area (Å²) in [6.07, 6.45) is 5.93. The highest BCUT2D eigenvalue weighted by atomic mass is 17.3. The van der Waals surface area contributed by atoms with Gasteiger partial charge >= 0.3 is 5.97 Å². The number of hydrogen-bond donors (Lipinski definition) is 0. The number of benzene rings is 1. The number of ether oxygens (including phenoxy) is 2. The number of aryl methyl sites for hydroxylation is 1. The fraction of sp³-hybridized carbons (Fsp3) is 0.696. The quantitative estimate of drug-likeness (QED) is 0.567. The van der Waals surface area contributed by atoms with Crippen molar-refractivity contribution in [2.45, 2.75) is 76.5 Å². The molecule has 0 N–H and O–H groups in total. The molecule has 0 aromatic heterocycles. The highest BCUT2D eigenvalue weighted by Crippen LogP contribution is 2.60. The molecule has 2 bridgehead atoms. The van der Waals surface area contributed by atoms with Crippen molar-refractivity contribution in [3.8, 4) is 0 Å². The van der Waals surface area contributed by atoms with E-state index in [4.69, 9.17) is 19.2 Å². The summed E-state index contributed by atoms with van der Waals surface area (Å²) in [5, 5.41) is 0. The SMILES string of the molecule is C[C@@H]1CC[C@H]2[C@@H](CCCc3ccccc3)C(=O)O[C@@H]3O[C@@]4(C)CC[C@@H]1[C@]32OO4. The minimum Gasteiger partial charge on any atom is -0.432 e. The zero-order chi connectivity index (χ0) is 19.4. The second-order valence-corrected chi connectivity index (χ2v) is 9.33. The van der Waals surface area contributed by atoms with Gasteiger partial charge in [0.25, 0.3) is 0 Å². The summed E-state index contributed by atoms with van der Waals surface area (Å²) in [5.74, 6) is -0.194. The van der Waals surface area contributed by atoms with Crippen LogP contribution < -0.4 is 0 Å². The fourth-order valence-corrected chi connectivity index (χ4v) is 6.11. The van der Waals surface area contributed by atoms with Gasteiger partial charge < -0.3 is 9.47 Å². The fourth-order valence-electron chi connectivity index (χ4n) is 6.11. The van der Waals surface area contributed by atoms with Gasteiger partial charge in [-0.2, -0.15) is 0 Å². The summed E-state index contributed by atoms with van der Waals surface area (Å²) >= 11 is 0. The Balaban J connectivity index is 1.40. The number of carbonyl (C=O) groups excluding carboxylic acids is 1. The Morgan fingerprint density at radius 2 is 1.89 bits per heavy atom. The molecule has 1 aromatic rings. The van der Waals surface area contributed by atoms with Crippen molar-refractivity contribution in [2.24, 2.45) is 23.7 Å². The normalized spacial score (nSPS) is 44.5. The molecule has 152 valence electrons. The Morgan fingerprint density at radius 1 is 1.07 bits per heavy atom. The van der Waals surface area contributed by atoms with E-state index in [0.29, 0.717) is 11.8 Å². The number of carbonyl (C=O) groups is 1. The van der Waals surface area contributed by atoms with Gasteiger partial charge in [0.15, 0.2) is 5.60 Å². The summed E-state index contributed by atoms with van der Waals surface area (Å²) in [7, 11) is 0. The van der Waals surface area contributed by atoms with Gasteiger partial charge in [-0.25, -0.2) is 9.78 Å². The number of hydrogen-bond acceptors (Lipinski definition) is 5. The lowest BCUT2D eigenvalue weighted by Gasteiger charge is -2.58. The zero-order valence-electron chi connectivity index (χ0n) is 16.8. The lowest BCUT2D eigenvalue weighted by molar-refractivity contribution is -0.559. The first-order valence-electron chi connectivity index (χ1n) is 10.8. The molecule has 5 heteroatoms. The minimum absolute atomic E-state index is 0.0957. The molecular formula is C23H30O5. The Labute approximate surface area is 166 Å². The molecule has 7 atom stereocenters. The van der Waals surface area contributed by atoms with E-state index in [1.807, 2.05) is 13.0 Å². The maximum atomic E-state index is 13.0. The van der Waals surface area contributed by atoms with E-state index in [2.05, 4.69) is 31.2 Å². The van der Waals surface area contributed by atoms with Crippen molar-refractivity contribution >= 4 is 5.97 Å². The number of rotatable bonds is 4. The van der Waals surface area contributed by atoms with Crippen molar-refractivity contribution in [1.29, 1.82) is 0 Å². The molecule has 0 amide bonds. The van der Waals surface area contributed by atoms with Crippen molar-refractivity contribution in [1.82, 2.24) is 0 Å². The first kappa shape index (κ1) is 18.6. The van der Waals surface area contributed by atoms with Gasteiger partial charge in [0.1, 0.15) is 0 Å². The van der Waals surface area contributed by atoms with Crippen molar-refractivity contribution in [3.63, 3.8) is 0 Å². The molecule has 0 unspecified atom stereocenters. The Hall–Kier alpha value is -1.43. The minimum atomic E-state index is -0.821. The lowest BCUT2D eigenvalue weighted by Crippen LogP contribution is -2.70. The second-order valence-electron chi connectivity index (χ2n) is 9.33. The molecular weight excluding hydrogens is 356 g/mol. The highest BCUT2D eigenvalue weighted by molar-refractivity contribution is 5.74. The van der Waals surface area contributed by atoms with Crippen LogP contribution in [-0.4, -0.2) is 23.6 Å². The third-order valence-corrected chi connectivity index (χ3v) is 7.61. The van der Waals surface area contributed by atoms with E-state index in [0.717, 1.165) is 44.9 Å². The van der Waals surface area contributed by atoms with Crippen LogP contribution in [0.4, 0.5) is 0 Å². The van der Waals surface area contributed by atoms with E-state index >= 15 is 0 Å². The molecule has 1 aromatic carbocycles. The van der Waals surface area contributed by atoms with Crippen LogP contribution in [0.2, 0.25) is 0 Å². The highest BCUT2D eigenvalue weighted by Gasteiger charge is 2.70. The van der Waals surface area contributed by atoms with Gasteiger partial charge in [0.2, 0.25) is 12.1 Å². The molecule has 1 aliphatic carbocycles. The average molecular weight is 386 g/mol. The summed E-state index contributed by atoms with van der Waals surface area (Å²) in [6.45, 7) is 4.18. The van der Waals surface area contributed by atoms with Gasteiger partial charge in [-0.05, 0) is 56.9 Å². The van der Waals surface area contributed by atoms with Gasteiger partial charge in [0.05, 0.1) is 5.92 Å². The molecule has 0 radical (unpaired) electrons. The van der Waals surface area contributed by atoms with Gasteiger partial charge in [-0.15, -0.1) is 0 Å². The van der Waals surface area contributed by atoms with Gasteiger partial charge in [0, 0.05) is 18.3 Å². The predicted molar refractivity (Wildman–Crippen MR) is 102 cm³/mol. The maximum absolute atomic E-state index is 13.0. The summed E-state index contributed by atoms with van der Waals surface area (Å²) in [4.78, 5) is 24.9.